The second-order valence-corrected chi connectivity index (χ2v) is 6.02. The molecular formula is C15H14N2O4S. The van der Waals surface area contributed by atoms with Gasteiger partial charge in [-0.1, -0.05) is 0 Å². The number of nitro groups is 1. The van der Waals surface area contributed by atoms with Crippen molar-refractivity contribution in [2.24, 2.45) is 0 Å². The van der Waals surface area contributed by atoms with Gasteiger partial charge < -0.3 is 10.1 Å². The lowest BCUT2D eigenvalue weighted by Gasteiger charge is -2.04. The number of carbonyl (C=O) groups excluding carboxylic acids is 1. The third-order valence-corrected chi connectivity index (χ3v) is 4.22. The number of non-ortho nitro benzene ring substituents is 1. The van der Waals surface area contributed by atoms with Gasteiger partial charge in [-0.25, -0.2) is 0 Å². The van der Waals surface area contributed by atoms with Crippen LogP contribution in [0.25, 0.3) is 0 Å². The van der Waals surface area contributed by atoms with Crippen LogP contribution in [0.15, 0.2) is 35.7 Å². The van der Waals surface area contributed by atoms with Crippen molar-refractivity contribution in [1.82, 2.24) is 5.32 Å². The summed E-state index contributed by atoms with van der Waals surface area (Å²) in [5, 5.41) is 15.4. The number of thiophene rings is 1. The molecule has 1 aliphatic rings. The van der Waals surface area contributed by atoms with E-state index in [1.165, 1.54) is 23.5 Å². The van der Waals surface area contributed by atoms with Crippen LogP contribution in [0.5, 0.6) is 5.75 Å². The van der Waals surface area contributed by atoms with Crippen LogP contribution >= 0.6 is 11.3 Å². The van der Waals surface area contributed by atoms with Crippen molar-refractivity contribution < 1.29 is 14.5 Å². The SMILES string of the molecule is O=C(NC1CC1)c1cc(COc2ccc([N+](=O)[O-])cc2)cs1. The van der Waals surface area contributed by atoms with Crippen molar-refractivity contribution >= 4 is 22.9 Å². The molecule has 22 heavy (non-hydrogen) atoms. The summed E-state index contributed by atoms with van der Waals surface area (Å²) in [6, 6.07) is 8.08. The quantitative estimate of drug-likeness (QED) is 0.655. The molecule has 2 aromatic rings. The monoisotopic (exact) mass is 318 g/mol. The van der Waals surface area contributed by atoms with Crippen LogP contribution in [0.2, 0.25) is 0 Å². The molecule has 0 radical (unpaired) electrons. The predicted molar refractivity (Wildman–Crippen MR) is 82.2 cm³/mol. The van der Waals surface area contributed by atoms with E-state index in [1.54, 1.807) is 12.1 Å². The highest BCUT2D eigenvalue weighted by Gasteiger charge is 2.24. The van der Waals surface area contributed by atoms with Crippen molar-refractivity contribution in [3.05, 3.63) is 56.3 Å². The van der Waals surface area contributed by atoms with Crippen LogP contribution in [0.4, 0.5) is 5.69 Å². The minimum Gasteiger partial charge on any atom is -0.489 e. The first-order valence-electron chi connectivity index (χ1n) is 6.87. The molecule has 114 valence electrons. The Balaban J connectivity index is 1.55. The Morgan fingerprint density at radius 1 is 1.36 bits per heavy atom. The number of nitrogens with zero attached hydrogens (tertiary/aromatic N) is 1. The Kier molecular flexibility index (Phi) is 4.06. The van der Waals surface area contributed by atoms with E-state index in [0.717, 1.165) is 18.4 Å². The van der Waals surface area contributed by atoms with Crippen molar-refractivity contribution in [2.75, 3.05) is 0 Å². The van der Waals surface area contributed by atoms with Gasteiger partial charge in [0.05, 0.1) is 9.80 Å². The number of nitrogens with one attached hydrogen (secondary N) is 1. The zero-order chi connectivity index (χ0) is 15.5. The molecule has 0 saturated heterocycles. The number of benzene rings is 1. The molecule has 0 bridgehead atoms. The Morgan fingerprint density at radius 2 is 2.09 bits per heavy atom. The summed E-state index contributed by atoms with van der Waals surface area (Å²) in [5.74, 6) is 0.523. The third kappa shape index (κ3) is 3.62. The fraction of sp³-hybridized carbons (Fsp3) is 0.267. The molecule has 7 heteroatoms. The van der Waals surface area contributed by atoms with Crippen molar-refractivity contribution in [2.45, 2.75) is 25.5 Å². The van der Waals surface area contributed by atoms with E-state index in [9.17, 15) is 14.9 Å². The van der Waals surface area contributed by atoms with Gasteiger partial charge in [0.2, 0.25) is 0 Å². The van der Waals surface area contributed by atoms with Gasteiger partial charge in [-0.05, 0) is 36.4 Å². The number of amides is 1. The highest BCUT2D eigenvalue weighted by Crippen LogP contribution is 2.22. The van der Waals surface area contributed by atoms with Crippen LogP contribution in [0.1, 0.15) is 28.1 Å². The van der Waals surface area contributed by atoms with Gasteiger partial charge >= 0.3 is 0 Å². The Hall–Kier alpha value is -2.41. The summed E-state index contributed by atoms with van der Waals surface area (Å²) in [6.07, 6.45) is 2.13. The fourth-order valence-corrected chi connectivity index (χ4v) is 2.69. The topological polar surface area (TPSA) is 81.5 Å². The van der Waals surface area contributed by atoms with E-state index >= 15 is 0 Å². The van der Waals surface area contributed by atoms with Gasteiger partial charge in [-0.15, -0.1) is 11.3 Å². The molecule has 0 atom stereocenters. The molecule has 3 rings (SSSR count). The summed E-state index contributed by atoms with van der Waals surface area (Å²) in [6.45, 7) is 0.324. The van der Waals surface area contributed by atoms with E-state index in [4.69, 9.17) is 4.74 Å². The summed E-state index contributed by atoms with van der Waals surface area (Å²) in [4.78, 5) is 22.7. The first-order chi connectivity index (χ1) is 10.6. The molecule has 1 amide bonds. The molecule has 1 fully saturated rings. The van der Waals surface area contributed by atoms with Crippen LogP contribution < -0.4 is 10.1 Å². The standard InChI is InChI=1S/C15H14N2O4S/c18-15(16-11-1-2-11)14-7-10(9-22-14)8-21-13-5-3-12(4-6-13)17(19)20/h3-7,9,11H,1-2,8H2,(H,16,18). The number of rotatable bonds is 6. The zero-order valence-corrected chi connectivity index (χ0v) is 12.5. The van der Waals surface area contributed by atoms with Crippen LogP contribution in [0.3, 0.4) is 0 Å². The van der Waals surface area contributed by atoms with Crippen LogP contribution in [-0.4, -0.2) is 16.9 Å². The Labute approximate surface area is 130 Å². The minimum atomic E-state index is -0.451. The Morgan fingerprint density at radius 3 is 2.73 bits per heavy atom. The van der Waals surface area contributed by atoms with Gasteiger partial charge in [0.15, 0.2) is 0 Å². The molecule has 0 spiro atoms. The lowest BCUT2D eigenvalue weighted by Crippen LogP contribution is -2.24. The molecule has 0 aliphatic heterocycles. The average molecular weight is 318 g/mol. The fourth-order valence-electron chi connectivity index (χ4n) is 1.89. The van der Waals surface area contributed by atoms with E-state index in [-0.39, 0.29) is 11.6 Å². The van der Waals surface area contributed by atoms with E-state index in [0.29, 0.717) is 23.3 Å². The van der Waals surface area contributed by atoms with Crippen LogP contribution in [-0.2, 0) is 6.61 Å². The van der Waals surface area contributed by atoms with E-state index in [1.807, 2.05) is 11.4 Å². The molecule has 1 aliphatic carbocycles. The smallest absolute Gasteiger partial charge is 0.269 e. The number of nitro benzene ring substituents is 1. The van der Waals surface area contributed by atoms with Crippen LogP contribution in [0, 0.1) is 10.1 Å². The third-order valence-electron chi connectivity index (χ3n) is 3.24. The second-order valence-electron chi connectivity index (χ2n) is 5.11. The highest BCUT2D eigenvalue weighted by molar-refractivity contribution is 7.12. The molecule has 1 aromatic carbocycles. The number of ether oxygens (including phenoxy) is 1. The van der Waals surface area contributed by atoms with Crippen molar-refractivity contribution in [3.63, 3.8) is 0 Å². The van der Waals surface area contributed by atoms with Gasteiger partial charge in [0, 0.05) is 23.7 Å². The van der Waals surface area contributed by atoms with Gasteiger partial charge in [-0.3, -0.25) is 14.9 Å². The minimum absolute atomic E-state index is 0.0296. The normalized spacial score (nSPS) is 13.6. The Bertz CT molecular complexity index is 692. The summed E-state index contributed by atoms with van der Waals surface area (Å²) < 4.78 is 5.57. The first kappa shape index (κ1) is 14.5. The molecule has 6 nitrogen and oxygen atoms in total. The number of hydrogen-bond donors (Lipinski definition) is 1. The maximum atomic E-state index is 11.9. The molecule has 1 aromatic heterocycles. The van der Waals surface area contributed by atoms with Crippen molar-refractivity contribution in [1.29, 1.82) is 0 Å². The first-order valence-corrected chi connectivity index (χ1v) is 7.75. The van der Waals surface area contributed by atoms with Gasteiger partial charge in [0.1, 0.15) is 12.4 Å². The molecule has 1 saturated carbocycles. The highest BCUT2D eigenvalue weighted by atomic mass is 32.1. The molecule has 0 unspecified atom stereocenters. The molecule has 1 heterocycles. The maximum Gasteiger partial charge on any atom is 0.269 e. The average Bonchev–Trinajstić information content (AvgIpc) is 3.19. The molecular weight excluding hydrogens is 304 g/mol. The lowest BCUT2D eigenvalue weighted by molar-refractivity contribution is -0.384. The second kappa shape index (κ2) is 6.15. The number of carbonyl (C=O) groups is 1. The summed E-state index contributed by atoms with van der Waals surface area (Å²) in [7, 11) is 0. The van der Waals surface area contributed by atoms with Gasteiger partial charge in [0.25, 0.3) is 11.6 Å². The largest absolute Gasteiger partial charge is 0.489 e. The maximum absolute atomic E-state index is 11.9. The predicted octanol–water partition coefficient (Wildman–Crippen LogP) is 3.13. The van der Waals surface area contributed by atoms with Gasteiger partial charge in [-0.2, -0.15) is 0 Å². The molecule has 1 N–H and O–H groups in total. The van der Waals surface area contributed by atoms with E-state index in [2.05, 4.69) is 5.32 Å². The zero-order valence-electron chi connectivity index (χ0n) is 11.7. The summed E-state index contributed by atoms with van der Waals surface area (Å²) >= 11 is 1.39. The van der Waals surface area contributed by atoms with Crippen molar-refractivity contribution in [3.8, 4) is 5.75 Å². The summed E-state index contributed by atoms with van der Waals surface area (Å²) in [5.41, 5.74) is 0.936. The number of hydrogen-bond acceptors (Lipinski definition) is 5. The lowest BCUT2D eigenvalue weighted by atomic mass is 10.3. The van der Waals surface area contributed by atoms with E-state index < -0.39 is 4.92 Å².